The molecule has 0 radical (unpaired) electrons. The summed E-state index contributed by atoms with van der Waals surface area (Å²) in [5, 5.41) is 2.70. The van der Waals surface area contributed by atoms with Crippen molar-refractivity contribution in [1.29, 1.82) is 0 Å². The topological polar surface area (TPSA) is 92.3 Å². The number of carbonyl (C=O) groups is 2. The van der Waals surface area contributed by atoms with Crippen LogP contribution in [0.4, 0.5) is 4.39 Å². The molecule has 8 nitrogen and oxygen atoms in total. The molecule has 6 atom stereocenters. The highest BCUT2D eigenvalue weighted by atomic mass is 32.2. The van der Waals surface area contributed by atoms with Gasteiger partial charge in [0.15, 0.2) is 20.3 Å². The Balaban J connectivity index is 2.12. The van der Waals surface area contributed by atoms with Crippen molar-refractivity contribution in [2.75, 3.05) is 13.7 Å². The van der Waals surface area contributed by atoms with Crippen molar-refractivity contribution < 1.29 is 37.4 Å². The van der Waals surface area contributed by atoms with E-state index in [0.717, 1.165) is 22.2 Å². The summed E-state index contributed by atoms with van der Waals surface area (Å²) in [6.07, 6.45) is -4.67. The summed E-state index contributed by atoms with van der Waals surface area (Å²) < 4.78 is 46.5. The maximum absolute atomic E-state index is 16.5. The zero-order chi connectivity index (χ0) is 29.4. The van der Waals surface area contributed by atoms with E-state index in [1.165, 1.54) is 14.0 Å². The zero-order valence-corrected chi connectivity index (χ0v) is 26.6. The van der Waals surface area contributed by atoms with Crippen LogP contribution in [0.3, 0.4) is 0 Å². The molecular formula is C28H44FNO7SSi. The van der Waals surface area contributed by atoms with E-state index in [0.29, 0.717) is 0 Å². The molecule has 2 aliphatic rings. The van der Waals surface area contributed by atoms with Crippen LogP contribution in [0.15, 0.2) is 29.2 Å². The molecule has 0 bridgehead atoms. The van der Waals surface area contributed by atoms with E-state index in [4.69, 9.17) is 23.4 Å². The number of methoxy groups -OCH3 is 1. The quantitative estimate of drug-likeness (QED) is 0.332. The second-order valence-electron chi connectivity index (χ2n) is 12.4. The van der Waals surface area contributed by atoms with Gasteiger partial charge in [-0.2, -0.15) is 0 Å². The third-order valence-electron chi connectivity index (χ3n) is 7.67. The van der Waals surface area contributed by atoms with Gasteiger partial charge >= 0.3 is 5.97 Å². The first-order valence-corrected chi connectivity index (χ1v) is 17.0. The summed E-state index contributed by atoms with van der Waals surface area (Å²) in [5.41, 5.74) is 1.06. The average Bonchev–Trinajstić information content (AvgIpc) is 3.19. The number of thioether (sulfide) groups is 1. The number of amides is 1. The Labute approximate surface area is 237 Å². The number of benzene rings is 1. The Morgan fingerprint density at radius 1 is 1.18 bits per heavy atom. The lowest BCUT2D eigenvalue weighted by Gasteiger charge is -2.51. The molecule has 2 saturated heterocycles. The highest BCUT2D eigenvalue weighted by molar-refractivity contribution is 8.01. The minimum absolute atomic E-state index is 0.00487. The molecule has 220 valence electrons. The number of hydrogen-bond donors (Lipinski definition) is 1. The maximum atomic E-state index is 16.5. The fraction of sp³-hybridized carbons (Fsp3) is 0.714. The molecule has 3 rings (SSSR count). The lowest BCUT2D eigenvalue weighted by molar-refractivity contribution is -0.202. The molecule has 11 heteroatoms. The van der Waals surface area contributed by atoms with Gasteiger partial charge in [-0.1, -0.05) is 50.2 Å². The third-order valence-corrected chi connectivity index (χ3v) is 13.4. The van der Waals surface area contributed by atoms with Gasteiger partial charge in [0.25, 0.3) is 0 Å². The van der Waals surface area contributed by atoms with E-state index in [9.17, 15) is 9.59 Å². The predicted octanol–water partition coefficient (Wildman–Crippen LogP) is 5.13. The smallest absolute Gasteiger partial charge is 0.349 e. The van der Waals surface area contributed by atoms with E-state index in [1.807, 2.05) is 31.2 Å². The lowest BCUT2D eigenvalue weighted by Crippen LogP contribution is -2.67. The first-order valence-electron chi connectivity index (χ1n) is 13.3. The molecule has 1 N–H and O–H groups in total. The Morgan fingerprint density at radius 2 is 1.79 bits per heavy atom. The normalized spacial score (nSPS) is 30.0. The summed E-state index contributed by atoms with van der Waals surface area (Å²) in [6, 6.07) is 6.75. The van der Waals surface area contributed by atoms with Crippen molar-refractivity contribution in [2.45, 2.75) is 119 Å². The molecule has 0 aliphatic carbocycles. The van der Waals surface area contributed by atoms with E-state index in [-0.39, 0.29) is 24.0 Å². The van der Waals surface area contributed by atoms with Gasteiger partial charge in [-0.15, -0.1) is 0 Å². The molecule has 1 aromatic carbocycles. The first-order chi connectivity index (χ1) is 17.9. The molecule has 0 unspecified atom stereocenters. The number of rotatable bonds is 8. The number of nitrogens with one attached hydrogen (secondary N) is 1. The van der Waals surface area contributed by atoms with Crippen molar-refractivity contribution in [3.63, 3.8) is 0 Å². The number of esters is 1. The van der Waals surface area contributed by atoms with Crippen molar-refractivity contribution in [3.05, 3.63) is 29.8 Å². The van der Waals surface area contributed by atoms with Crippen LogP contribution in [0, 0.1) is 6.92 Å². The van der Waals surface area contributed by atoms with Crippen LogP contribution < -0.4 is 5.32 Å². The maximum Gasteiger partial charge on any atom is 0.349 e. The minimum Gasteiger partial charge on any atom is -0.466 e. The van der Waals surface area contributed by atoms with Crippen LogP contribution in [-0.2, 0) is 33.0 Å². The molecular weight excluding hydrogens is 541 g/mol. The summed E-state index contributed by atoms with van der Waals surface area (Å²) in [6.45, 7) is 17.2. The van der Waals surface area contributed by atoms with E-state index in [1.54, 1.807) is 13.8 Å². The number of aryl methyl sites for hydroxylation is 1. The van der Waals surface area contributed by atoms with Crippen LogP contribution >= 0.6 is 11.8 Å². The van der Waals surface area contributed by atoms with Crippen molar-refractivity contribution in [1.82, 2.24) is 5.32 Å². The summed E-state index contributed by atoms with van der Waals surface area (Å²) in [7, 11) is -1.17. The monoisotopic (exact) mass is 585 g/mol. The SMILES string of the molecule is COC(=O)[C@]1(Sc2ccc(C)cc2)C[C@H](O[Si](C)(C)C(C)(C)C)[C@@H](NC(C)=O)[C@H]([C@@H](F)[C@H]2COC(C)(C)O2)O1. The molecule has 1 aromatic rings. The Hall–Kier alpha value is -1.50. The fourth-order valence-electron chi connectivity index (χ4n) is 4.56. The van der Waals surface area contributed by atoms with Gasteiger partial charge in [-0.25, -0.2) is 9.18 Å². The second-order valence-corrected chi connectivity index (χ2v) is 18.5. The van der Waals surface area contributed by atoms with Gasteiger partial charge in [0.2, 0.25) is 10.8 Å². The average molecular weight is 586 g/mol. The zero-order valence-electron chi connectivity index (χ0n) is 24.8. The van der Waals surface area contributed by atoms with Gasteiger partial charge in [0, 0.05) is 18.2 Å². The number of ether oxygens (including phenoxy) is 4. The van der Waals surface area contributed by atoms with Gasteiger partial charge in [-0.3, -0.25) is 4.79 Å². The Morgan fingerprint density at radius 3 is 2.28 bits per heavy atom. The molecule has 0 spiro atoms. The Kier molecular flexibility index (Phi) is 9.67. The van der Waals surface area contributed by atoms with Gasteiger partial charge in [0.1, 0.15) is 12.2 Å². The predicted molar refractivity (Wildman–Crippen MR) is 151 cm³/mol. The highest BCUT2D eigenvalue weighted by Gasteiger charge is 2.59. The minimum atomic E-state index is -2.46. The summed E-state index contributed by atoms with van der Waals surface area (Å²) >= 11 is 1.16. The molecule has 0 aromatic heterocycles. The second kappa shape index (κ2) is 11.8. The molecule has 1 amide bonds. The molecule has 39 heavy (non-hydrogen) atoms. The fourth-order valence-corrected chi connectivity index (χ4v) is 7.13. The van der Waals surface area contributed by atoms with Crippen molar-refractivity contribution >= 4 is 32.0 Å². The number of hydrogen-bond acceptors (Lipinski definition) is 8. The van der Waals surface area contributed by atoms with Crippen molar-refractivity contribution in [3.8, 4) is 0 Å². The van der Waals surface area contributed by atoms with Crippen molar-refractivity contribution in [2.24, 2.45) is 0 Å². The number of carbonyl (C=O) groups excluding carboxylic acids is 2. The summed E-state index contributed by atoms with van der Waals surface area (Å²) in [5.74, 6) is -1.98. The standard InChI is InChI=1S/C28H44FNO7SSi/c1-17-11-13-19(14-12-17)38-28(25(32)33-8)15-20(37-39(9,10)26(3,4)5)23(30-18(2)31)24(36-28)22(29)21-16-34-27(6,7)35-21/h11-14,20-24H,15-16H2,1-10H3,(H,30,31)/t20-,21+,22-,23+,24-,28+/m0/s1. The van der Waals surface area contributed by atoms with Crippen LogP contribution in [0.25, 0.3) is 0 Å². The highest BCUT2D eigenvalue weighted by Crippen LogP contribution is 2.48. The molecule has 2 fully saturated rings. The molecule has 2 aliphatic heterocycles. The number of halogens is 1. The van der Waals surface area contributed by atoms with Gasteiger partial charge in [-0.05, 0) is 51.0 Å². The third kappa shape index (κ3) is 7.42. The number of alkyl halides is 1. The van der Waals surface area contributed by atoms with Crippen LogP contribution in [0.1, 0.15) is 53.5 Å². The molecule has 0 saturated carbocycles. The van der Waals surface area contributed by atoms with Gasteiger partial charge < -0.3 is 28.7 Å². The summed E-state index contributed by atoms with van der Waals surface area (Å²) in [4.78, 5) is 25.0. The van der Waals surface area contributed by atoms with Crippen LogP contribution in [0.2, 0.25) is 18.1 Å². The largest absolute Gasteiger partial charge is 0.466 e. The van der Waals surface area contributed by atoms with Crippen LogP contribution in [0.5, 0.6) is 0 Å². The Bertz CT molecular complexity index is 1030. The lowest BCUT2D eigenvalue weighted by atomic mass is 9.90. The van der Waals surface area contributed by atoms with E-state index < -0.39 is 55.5 Å². The van der Waals surface area contributed by atoms with Gasteiger partial charge in [0.05, 0.1) is 25.9 Å². The van der Waals surface area contributed by atoms with Crippen LogP contribution in [-0.4, -0.2) is 75.2 Å². The van der Waals surface area contributed by atoms with E-state index in [2.05, 4.69) is 39.2 Å². The van der Waals surface area contributed by atoms with E-state index >= 15 is 4.39 Å². The molecule has 2 heterocycles. The first kappa shape index (κ1) is 32.0.